The summed E-state index contributed by atoms with van der Waals surface area (Å²) >= 11 is 0. The lowest BCUT2D eigenvalue weighted by molar-refractivity contribution is -0.121. The van der Waals surface area contributed by atoms with E-state index in [0.717, 1.165) is 35.5 Å². The standard InChI is InChI=1S/C27H49NO/c1-18(17-29)8-7-9-19(2)21-11-12-22-20-16-25(28)24-10-5-6-14-26(24,3)23(20)13-15-27(21,22)4/h18-25,29H,5-17,28H2,1-4H3/t18?,19-,20+,21-,22+,23+,24?,25?,26-,27-/m1/s1. The van der Waals surface area contributed by atoms with E-state index in [2.05, 4.69) is 27.7 Å². The second-order valence-electron chi connectivity index (χ2n) is 12.6. The van der Waals surface area contributed by atoms with E-state index in [1.165, 1.54) is 77.0 Å². The molecule has 3 N–H and O–H groups in total. The fraction of sp³-hybridized carbons (Fsp3) is 1.00. The molecule has 0 heterocycles. The third-order valence-electron chi connectivity index (χ3n) is 11.1. The summed E-state index contributed by atoms with van der Waals surface area (Å²) < 4.78 is 0. The highest BCUT2D eigenvalue weighted by Gasteiger charge is 2.61. The Morgan fingerprint density at radius 2 is 1.66 bits per heavy atom. The van der Waals surface area contributed by atoms with E-state index in [-0.39, 0.29) is 0 Å². The summed E-state index contributed by atoms with van der Waals surface area (Å²) in [5.41, 5.74) is 7.98. The van der Waals surface area contributed by atoms with Crippen LogP contribution in [0.15, 0.2) is 0 Å². The predicted octanol–water partition coefficient (Wildman–Crippen LogP) is 6.41. The van der Waals surface area contributed by atoms with Crippen LogP contribution in [-0.4, -0.2) is 17.8 Å². The lowest BCUT2D eigenvalue weighted by Gasteiger charge is -2.62. The molecule has 0 aromatic heterocycles. The summed E-state index contributed by atoms with van der Waals surface area (Å²) in [4.78, 5) is 0. The second kappa shape index (κ2) is 8.45. The Morgan fingerprint density at radius 3 is 2.41 bits per heavy atom. The molecule has 4 aliphatic carbocycles. The Kier molecular flexibility index (Phi) is 6.45. The van der Waals surface area contributed by atoms with Gasteiger partial charge in [-0.25, -0.2) is 0 Å². The maximum atomic E-state index is 9.33. The summed E-state index contributed by atoms with van der Waals surface area (Å²) in [5.74, 6) is 5.79. The van der Waals surface area contributed by atoms with Crippen molar-refractivity contribution < 1.29 is 5.11 Å². The molecule has 0 spiro atoms. The Balaban J connectivity index is 1.46. The van der Waals surface area contributed by atoms with Gasteiger partial charge in [0.05, 0.1) is 0 Å². The molecule has 4 fully saturated rings. The summed E-state index contributed by atoms with van der Waals surface area (Å²) in [5, 5.41) is 9.33. The molecule has 0 aromatic rings. The first kappa shape index (κ1) is 22.1. The molecule has 2 nitrogen and oxygen atoms in total. The van der Waals surface area contributed by atoms with Crippen LogP contribution in [0.25, 0.3) is 0 Å². The number of hydrogen-bond donors (Lipinski definition) is 2. The Hall–Kier alpha value is -0.0800. The Morgan fingerprint density at radius 1 is 0.897 bits per heavy atom. The third kappa shape index (κ3) is 3.73. The Labute approximate surface area is 180 Å². The van der Waals surface area contributed by atoms with E-state index in [0.29, 0.717) is 29.4 Å². The monoisotopic (exact) mass is 403 g/mol. The molecule has 0 radical (unpaired) electrons. The highest BCUT2D eigenvalue weighted by Crippen LogP contribution is 2.68. The van der Waals surface area contributed by atoms with Crippen LogP contribution in [0, 0.1) is 52.3 Å². The van der Waals surface area contributed by atoms with E-state index in [4.69, 9.17) is 5.73 Å². The first-order chi connectivity index (χ1) is 13.8. The number of hydrogen-bond acceptors (Lipinski definition) is 2. The highest BCUT2D eigenvalue weighted by atomic mass is 16.3. The van der Waals surface area contributed by atoms with Crippen LogP contribution >= 0.6 is 0 Å². The van der Waals surface area contributed by atoms with Crippen LogP contribution in [-0.2, 0) is 0 Å². The molecule has 29 heavy (non-hydrogen) atoms. The molecular formula is C27H49NO. The van der Waals surface area contributed by atoms with Gasteiger partial charge >= 0.3 is 0 Å². The molecule has 4 rings (SSSR count). The largest absolute Gasteiger partial charge is 0.396 e. The molecule has 0 aliphatic heterocycles. The van der Waals surface area contributed by atoms with Crippen LogP contribution in [0.1, 0.15) is 105 Å². The van der Waals surface area contributed by atoms with Crippen LogP contribution in [0.3, 0.4) is 0 Å². The van der Waals surface area contributed by atoms with Gasteiger partial charge in [-0.15, -0.1) is 0 Å². The third-order valence-corrected chi connectivity index (χ3v) is 11.1. The van der Waals surface area contributed by atoms with Crippen molar-refractivity contribution in [1.29, 1.82) is 0 Å². The van der Waals surface area contributed by atoms with Gasteiger partial charge in [-0.2, -0.15) is 0 Å². The molecular weight excluding hydrogens is 354 g/mol. The van der Waals surface area contributed by atoms with Gasteiger partial charge in [0.25, 0.3) is 0 Å². The second-order valence-corrected chi connectivity index (χ2v) is 12.6. The fourth-order valence-electron chi connectivity index (χ4n) is 9.52. The summed E-state index contributed by atoms with van der Waals surface area (Å²) in [6, 6.07) is 0.459. The van der Waals surface area contributed by atoms with Crippen molar-refractivity contribution in [3.05, 3.63) is 0 Å². The lowest BCUT2D eigenvalue weighted by atomic mass is 9.43. The Bertz CT molecular complexity index is 563. The van der Waals surface area contributed by atoms with Gasteiger partial charge in [-0.3, -0.25) is 0 Å². The van der Waals surface area contributed by atoms with Gasteiger partial charge < -0.3 is 10.8 Å². The molecule has 0 aromatic carbocycles. The number of nitrogens with two attached hydrogens (primary N) is 1. The quantitative estimate of drug-likeness (QED) is 0.538. The summed E-state index contributed by atoms with van der Waals surface area (Å²) in [6.07, 6.45) is 16.7. The molecule has 0 amide bonds. The number of fused-ring (bicyclic) bond motifs is 5. The molecule has 168 valence electrons. The molecule has 0 saturated heterocycles. The molecule has 4 saturated carbocycles. The molecule has 10 atom stereocenters. The average molecular weight is 404 g/mol. The van der Waals surface area contributed by atoms with E-state index >= 15 is 0 Å². The number of rotatable bonds is 6. The van der Waals surface area contributed by atoms with Crippen LogP contribution in [0.5, 0.6) is 0 Å². The van der Waals surface area contributed by atoms with E-state index in [1.807, 2.05) is 0 Å². The first-order valence-corrected chi connectivity index (χ1v) is 13.2. The molecule has 4 aliphatic rings. The average Bonchev–Trinajstić information content (AvgIpc) is 3.05. The maximum absolute atomic E-state index is 9.33. The topological polar surface area (TPSA) is 46.2 Å². The van der Waals surface area contributed by atoms with Crippen molar-refractivity contribution in [2.45, 2.75) is 111 Å². The smallest absolute Gasteiger partial charge is 0.0456 e. The fourth-order valence-corrected chi connectivity index (χ4v) is 9.52. The van der Waals surface area contributed by atoms with E-state index in [1.54, 1.807) is 0 Å². The van der Waals surface area contributed by atoms with Crippen LogP contribution in [0.4, 0.5) is 0 Å². The van der Waals surface area contributed by atoms with Gasteiger partial charge in [0.15, 0.2) is 0 Å². The zero-order valence-electron chi connectivity index (χ0n) is 19.8. The van der Waals surface area contributed by atoms with Gasteiger partial charge in [0.1, 0.15) is 0 Å². The van der Waals surface area contributed by atoms with Crippen molar-refractivity contribution >= 4 is 0 Å². The van der Waals surface area contributed by atoms with Gasteiger partial charge in [-0.1, -0.05) is 53.4 Å². The van der Waals surface area contributed by atoms with Crippen molar-refractivity contribution in [3.63, 3.8) is 0 Å². The number of aliphatic hydroxyl groups is 1. The van der Waals surface area contributed by atoms with Crippen molar-refractivity contribution in [1.82, 2.24) is 0 Å². The van der Waals surface area contributed by atoms with Gasteiger partial charge in [0.2, 0.25) is 0 Å². The predicted molar refractivity (Wildman–Crippen MR) is 122 cm³/mol. The van der Waals surface area contributed by atoms with E-state index < -0.39 is 0 Å². The zero-order chi connectivity index (χ0) is 20.8. The van der Waals surface area contributed by atoms with Crippen molar-refractivity contribution in [2.75, 3.05) is 6.61 Å². The first-order valence-electron chi connectivity index (χ1n) is 13.2. The van der Waals surface area contributed by atoms with Crippen molar-refractivity contribution in [2.24, 2.45) is 58.0 Å². The molecule has 3 unspecified atom stereocenters. The zero-order valence-corrected chi connectivity index (χ0v) is 19.8. The molecule has 0 bridgehead atoms. The number of aliphatic hydroxyl groups excluding tert-OH is 1. The molecule has 2 heteroatoms. The summed E-state index contributed by atoms with van der Waals surface area (Å²) in [7, 11) is 0. The van der Waals surface area contributed by atoms with Gasteiger partial charge in [-0.05, 0) is 104 Å². The normalized spacial score (nSPS) is 49.0. The van der Waals surface area contributed by atoms with Crippen LogP contribution < -0.4 is 5.73 Å². The lowest BCUT2D eigenvalue weighted by Crippen LogP contribution is -2.59. The minimum absolute atomic E-state index is 0.348. The van der Waals surface area contributed by atoms with Crippen LogP contribution in [0.2, 0.25) is 0 Å². The maximum Gasteiger partial charge on any atom is 0.0456 e. The SMILES string of the molecule is CC(CO)CCC[C@@H](C)[C@H]1CC[C@H]2[C@@H]3CC(N)C4CCCC[C@]4(C)[C@H]3CC[C@]12C. The van der Waals surface area contributed by atoms with E-state index in [9.17, 15) is 5.11 Å². The highest BCUT2D eigenvalue weighted by molar-refractivity contribution is 5.11. The summed E-state index contributed by atoms with van der Waals surface area (Å²) in [6.45, 7) is 10.4. The van der Waals surface area contributed by atoms with Crippen molar-refractivity contribution in [3.8, 4) is 0 Å². The van der Waals surface area contributed by atoms with Gasteiger partial charge in [0, 0.05) is 12.6 Å². The minimum atomic E-state index is 0.348. The minimum Gasteiger partial charge on any atom is -0.396 e.